The molecule has 0 aliphatic carbocycles. The third-order valence-electron chi connectivity index (χ3n) is 3.05. The van der Waals surface area contributed by atoms with E-state index in [0.717, 1.165) is 15.7 Å². The van der Waals surface area contributed by atoms with Gasteiger partial charge in [0.1, 0.15) is 0 Å². The molecule has 0 bridgehead atoms. The zero-order valence-corrected chi connectivity index (χ0v) is 11.3. The largest absolute Gasteiger partial charge is 0.397 e. The van der Waals surface area contributed by atoms with Crippen molar-refractivity contribution in [1.29, 1.82) is 0 Å². The van der Waals surface area contributed by atoms with E-state index >= 15 is 0 Å². The molecular weight excluding hydrogens is 280 g/mol. The molecule has 1 aromatic carbocycles. The fraction of sp³-hybridized carbons (Fsp3) is 0.308. The molecule has 1 atom stereocenters. The Labute approximate surface area is 109 Å². The predicted molar refractivity (Wildman–Crippen MR) is 73.9 cm³/mol. The summed E-state index contributed by atoms with van der Waals surface area (Å²) < 4.78 is 0.933. The lowest BCUT2D eigenvalue weighted by Gasteiger charge is -2.21. The molecule has 4 heteroatoms. The maximum absolute atomic E-state index is 11.9. The van der Waals surface area contributed by atoms with E-state index in [9.17, 15) is 4.79 Å². The maximum Gasteiger partial charge on any atom is 0.227 e. The fourth-order valence-electron chi connectivity index (χ4n) is 2.24. The average Bonchev–Trinajstić information content (AvgIpc) is 2.59. The van der Waals surface area contributed by atoms with Crippen LogP contribution in [-0.4, -0.2) is 12.5 Å². The van der Waals surface area contributed by atoms with Gasteiger partial charge >= 0.3 is 0 Å². The predicted octanol–water partition coefficient (Wildman–Crippen LogP) is 2.88. The number of benzene rings is 1. The smallest absolute Gasteiger partial charge is 0.227 e. The minimum absolute atomic E-state index is 0.118. The van der Waals surface area contributed by atoms with Gasteiger partial charge in [-0.25, -0.2) is 0 Å². The molecule has 17 heavy (non-hydrogen) atoms. The highest BCUT2D eigenvalue weighted by Gasteiger charge is 2.30. The van der Waals surface area contributed by atoms with Gasteiger partial charge in [-0.2, -0.15) is 0 Å². The first-order valence-corrected chi connectivity index (χ1v) is 6.30. The van der Waals surface area contributed by atoms with Gasteiger partial charge in [-0.05, 0) is 24.6 Å². The van der Waals surface area contributed by atoms with Gasteiger partial charge in [0.05, 0.1) is 11.4 Å². The van der Waals surface area contributed by atoms with Crippen molar-refractivity contribution < 1.29 is 4.79 Å². The monoisotopic (exact) mass is 294 g/mol. The van der Waals surface area contributed by atoms with Crippen LogP contribution in [0, 0.1) is 12.8 Å². The molecule has 1 aliphatic heterocycles. The summed E-state index contributed by atoms with van der Waals surface area (Å²) in [6, 6.07) is 3.80. The topological polar surface area (TPSA) is 46.3 Å². The standard InChI is InChI=1S/C13H15BrN2O/c1-3-9-5-12(17)16(7-9)13-8(2)4-10(14)6-11(13)15/h3-4,6,9H,1,5,7,15H2,2H3. The van der Waals surface area contributed by atoms with Crippen LogP contribution in [0.2, 0.25) is 0 Å². The number of carbonyl (C=O) groups is 1. The van der Waals surface area contributed by atoms with Crippen LogP contribution in [0.1, 0.15) is 12.0 Å². The molecule has 2 rings (SSSR count). The number of anilines is 2. The van der Waals surface area contributed by atoms with E-state index in [2.05, 4.69) is 22.5 Å². The normalized spacial score (nSPS) is 19.8. The summed E-state index contributed by atoms with van der Waals surface area (Å²) in [6.07, 6.45) is 2.36. The van der Waals surface area contributed by atoms with Crippen LogP contribution in [0.15, 0.2) is 29.3 Å². The van der Waals surface area contributed by atoms with Gasteiger partial charge in [-0.3, -0.25) is 4.79 Å². The molecular formula is C13H15BrN2O. The minimum atomic E-state index is 0.118. The lowest BCUT2D eigenvalue weighted by molar-refractivity contribution is -0.117. The number of nitrogens with two attached hydrogens (primary N) is 1. The van der Waals surface area contributed by atoms with E-state index in [0.29, 0.717) is 18.7 Å². The fourth-order valence-corrected chi connectivity index (χ4v) is 2.83. The Kier molecular flexibility index (Phi) is 3.24. The highest BCUT2D eigenvalue weighted by Crippen LogP contribution is 2.35. The summed E-state index contributed by atoms with van der Waals surface area (Å²) >= 11 is 3.40. The molecule has 1 saturated heterocycles. The summed E-state index contributed by atoms with van der Waals surface area (Å²) in [7, 11) is 0. The maximum atomic E-state index is 11.9. The second kappa shape index (κ2) is 4.53. The van der Waals surface area contributed by atoms with Crippen LogP contribution in [0.5, 0.6) is 0 Å². The zero-order chi connectivity index (χ0) is 12.6. The highest BCUT2D eigenvalue weighted by molar-refractivity contribution is 9.10. The van der Waals surface area contributed by atoms with E-state index in [1.165, 1.54) is 0 Å². The molecule has 1 heterocycles. The lowest BCUT2D eigenvalue weighted by atomic mass is 10.1. The number of halogens is 1. The van der Waals surface area contributed by atoms with Crippen LogP contribution >= 0.6 is 15.9 Å². The van der Waals surface area contributed by atoms with Crippen molar-refractivity contribution in [1.82, 2.24) is 0 Å². The van der Waals surface area contributed by atoms with Gasteiger partial charge in [0, 0.05) is 23.4 Å². The average molecular weight is 295 g/mol. The third-order valence-corrected chi connectivity index (χ3v) is 3.51. The Hall–Kier alpha value is -1.29. The summed E-state index contributed by atoms with van der Waals surface area (Å²) in [5.74, 6) is 0.344. The van der Waals surface area contributed by atoms with Gasteiger partial charge in [-0.15, -0.1) is 6.58 Å². The number of hydrogen-bond donors (Lipinski definition) is 1. The van der Waals surface area contributed by atoms with E-state index in [4.69, 9.17) is 5.73 Å². The Morgan fingerprint density at radius 3 is 2.82 bits per heavy atom. The molecule has 1 aliphatic rings. The number of aryl methyl sites for hydroxylation is 1. The van der Waals surface area contributed by atoms with Crippen molar-refractivity contribution in [3.8, 4) is 0 Å². The van der Waals surface area contributed by atoms with Crippen LogP contribution in [0.4, 0.5) is 11.4 Å². The SMILES string of the molecule is C=CC1CC(=O)N(c2c(C)cc(Br)cc2N)C1. The van der Waals surface area contributed by atoms with E-state index < -0.39 is 0 Å². The van der Waals surface area contributed by atoms with Crippen molar-refractivity contribution in [3.63, 3.8) is 0 Å². The van der Waals surface area contributed by atoms with Gasteiger partial charge in [0.2, 0.25) is 5.91 Å². The number of amides is 1. The number of rotatable bonds is 2. The van der Waals surface area contributed by atoms with Crippen molar-refractivity contribution >= 4 is 33.2 Å². The van der Waals surface area contributed by atoms with E-state index in [-0.39, 0.29) is 11.8 Å². The Bertz CT molecular complexity index is 461. The second-order valence-corrected chi connectivity index (χ2v) is 5.28. The van der Waals surface area contributed by atoms with E-state index in [1.807, 2.05) is 25.1 Å². The highest BCUT2D eigenvalue weighted by atomic mass is 79.9. The lowest BCUT2D eigenvalue weighted by Crippen LogP contribution is -2.26. The Morgan fingerprint density at radius 1 is 1.59 bits per heavy atom. The molecule has 3 nitrogen and oxygen atoms in total. The van der Waals surface area contributed by atoms with Gasteiger partial charge < -0.3 is 10.6 Å². The molecule has 1 unspecified atom stereocenters. The third kappa shape index (κ3) is 2.22. The molecule has 2 N–H and O–H groups in total. The first kappa shape index (κ1) is 12.2. The van der Waals surface area contributed by atoms with Crippen LogP contribution < -0.4 is 10.6 Å². The van der Waals surface area contributed by atoms with Crippen LogP contribution in [0.3, 0.4) is 0 Å². The van der Waals surface area contributed by atoms with Gasteiger partial charge in [0.15, 0.2) is 0 Å². The molecule has 1 aromatic rings. The molecule has 1 amide bonds. The Balaban J connectivity index is 2.41. The van der Waals surface area contributed by atoms with E-state index in [1.54, 1.807) is 4.90 Å². The van der Waals surface area contributed by atoms with Crippen molar-refractivity contribution in [2.45, 2.75) is 13.3 Å². The molecule has 0 aromatic heterocycles. The second-order valence-electron chi connectivity index (χ2n) is 4.36. The Morgan fingerprint density at radius 2 is 2.29 bits per heavy atom. The molecule has 0 spiro atoms. The molecule has 0 saturated carbocycles. The summed E-state index contributed by atoms with van der Waals surface area (Å²) in [4.78, 5) is 13.7. The van der Waals surface area contributed by atoms with Crippen molar-refractivity contribution in [2.24, 2.45) is 5.92 Å². The zero-order valence-electron chi connectivity index (χ0n) is 9.74. The number of carbonyl (C=O) groups excluding carboxylic acids is 1. The van der Waals surface area contributed by atoms with Crippen LogP contribution in [-0.2, 0) is 4.79 Å². The number of nitrogens with zero attached hydrogens (tertiary/aromatic N) is 1. The number of hydrogen-bond acceptors (Lipinski definition) is 2. The van der Waals surface area contributed by atoms with Crippen LogP contribution in [0.25, 0.3) is 0 Å². The minimum Gasteiger partial charge on any atom is -0.397 e. The summed E-state index contributed by atoms with van der Waals surface area (Å²) in [5, 5.41) is 0. The number of nitrogen functional groups attached to an aromatic ring is 1. The van der Waals surface area contributed by atoms with Crippen molar-refractivity contribution in [3.05, 3.63) is 34.8 Å². The van der Waals surface area contributed by atoms with Gasteiger partial charge in [-0.1, -0.05) is 22.0 Å². The first-order chi connectivity index (χ1) is 8.02. The molecule has 1 fully saturated rings. The van der Waals surface area contributed by atoms with Crippen molar-refractivity contribution in [2.75, 3.05) is 17.2 Å². The quantitative estimate of drug-likeness (QED) is 0.673. The summed E-state index contributed by atoms with van der Waals surface area (Å²) in [5.41, 5.74) is 8.48. The summed E-state index contributed by atoms with van der Waals surface area (Å²) in [6.45, 7) is 6.39. The molecule has 90 valence electrons. The first-order valence-electron chi connectivity index (χ1n) is 5.51. The van der Waals surface area contributed by atoms with Gasteiger partial charge in [0.25, 0.3) is 0 Å². The molecule has 0 radical (unpaired) electrons.